The molecule has 0 amide bonds. The van der Waals surface area contributed by atoms with Gasteiger partial charge in [-0.25, -0.2) is 4.98 Å². The van der Waals surface area contributed by atoms with Gasteiger partial charge in [-0.15, -0.1) is 10.2 Å². The molecule has 1 saturated heterocycles. The van der Waals surface area contributed by atoms with Gasteiger partial charge >= 0.3 is 0 Å². The Morgan fingerprint density at radius 2 is 1.81 bits per heavy atom. The largest absolute Gasteiger partial charge is 0.357 e. The fraction of sp³-hybridized carbons (Fsp3) is 0.300. The normalized spacial score (nSPS) is 15.0. The molecule has 1 aliphatic rings. The highest BCUT2D eigenvalue weighted by Gasteiger charge is 2.26. The van der Waals surface area contributed by atoms with Crippen molar-refractivity contribution in [1.82, 2.24) is 19.7 Å². The van der Waals surface area contributed by atoms with Crippen LogP contribution in [-0.4, -0.2) is 32.8 Å². The average molecular weight is 344 g/mol. The van der Waals surface area contributed by atoms with E-state index in [2.05, 4.69) is 36.8 Å². The molecule has 6 nitrogen and oxygen atoms in total. The van der Waals surface area contributed by atoms with Gasteiger partial charge in [0.05, 0.1) is 11.6 Å². The molecule has 0 aliphatic carbocycles. The quantitative estimate of drug-likeness (QED) is 0.729. The van der Waals surface area contributed by atoms with Gasteiger partial charge in [-0.05, 0) is 56.2 Å². The molecular weight excluding hydrogens is 324 g/mol. The van der Waals surface area contributed by atoms with Gasteiger partial charge in [0.25, 0.3) is 0 Å². The molecule has 3 heterocycles. The minimum absolute atomic E-state index is 0.367. The lowest BCUT2D eigenvalue weighted by Gasteiger charge is -2.32. The number of aromatic nitrogens is 4. The minimum Gasteiger partial charge on any atom is -0.357 e. The van der Waals surface area contributed by atoms with E-state index >= 15 is 0 Å². The molecule has 0 bridgehead atoms. The summed E-state index contributed by atoms with van der Waals surface area (Å²) in [5, 5.41) is 17.8. The van der Waals surface area contributed by atoms with E-state index in [1.807, 2.05) is 49.5 Å². The number of nitrogens with zero attached hydrogens (tertiary/aromatic N) is 6. The summed E-state index contributed by atoms with van der Waals surface area (Å²) in [5.74, 6) is 3.28. The van der Waals surface area contributed by atoms with Crippen LogP contribution in [0, 0.1) is 18.3 Å². The molecule has 0 unspecified atom stereocenters. The Balaban J connectivity index is 1.55. The van der Waals surface area contributed by atoms with Crippen LogP contribution in [0.3, 0.4) is 0 Å². The second-order valence-corrected chi connectivity index (χ2v) is 6.55. The first-order chi connectivity index (χ1) is 12.8. The van der Waals surface area contributed by atoms with Crippen molar-refractivity contribution in [2.45, 2.75) is 25.7 Å². The Labute approximate surface area is 152 Å². The number of piperidine rings is 1. The highest BCUT2D eigenvalue weighted by Crippen LogP contribution is 2.30. The van der Waals surface area contributed by atoms with E-state index in [1.165, 1.54) is 0 Å². The van der Waals surface area contributed by atoms with Crippen molar-refractivity contribution >= 4 is 5.82 Å². The van der Waals surface area contributed by atoms with Crippen LogP contribution in [0.15, 0.2) is 48.7 Å². The first kappa shape index (κ1) is 16.3. The third kappa shape index (κ3) is 3.04. The smallest absolute Gasteiger partial charge is 0.140 e. The maximum Gasteiger partial charge on any atom is 0.140 e. The molecule has 1 aliphatic heterocycles. The lowest BCUT2D eigenvalue weighted by Crippen LogP contribution is -2.34. The highest BCUT2D eigenvalue weighted by atomic mass is 15.3. The molecule has 1 fully saturated rings. The number of nitriles is 1. The van der Waals surface area contributed by atoms with Crippen molar-refractivity contribution in [3.8, 4) is 11.8 Å². The number of anilines is 1. The van der Waals surface area contributed by atoms with Gasteiger partial charge in [-0.2, -0.15) is 5.26 Å². The van der Waals surface area contributed by atoms with Crippen LogP contribution in [-0.2, 0) is 0 Å². The summed E-state index contributed by atoms with van der Waals surface area (Å²) in [5.41, 5.74) is 1.67. The lowest BCUT2D eigenvalue weighted by atomic mass is 9.95. The third-order valence-electron chi connectivity index (χ3n) is 4.94. The summed E-state index contributed by atoms with van der Waals surface area (Å²) < 4.78 is 2.11. The SMILES string of the molecule is Cc1nnc(C2CCN(c3ccccn3)CC2)n1-c1ccc(C#N)cc1. The number of rotatable bonds is 3. The standard InChI is InChI=1S/C20H20N6/c1-15-23-24-20(26(15)18-7-5-16(14-21)6-8-18)17-9-12-25(13-10-17)19-4-2-3-11-22-19/h2-8,11,17H,9-10,12-13H2,1H3. The van der Waals surface area contributed by atoms with E-state index in [-0.39, 0.29) is 0 Å². The molecule has 6 heteroatoms. The Morgan fingerprint density at radius 3 is 2.46 bits per heavy atom. The Kier molecular flexibility index (Phi) is 4.36. The molecular formula is C20H20N6. The number of pyridine rings is 1. The zero-order valence-corrected chi connectivity index (χ0v) is 14.7. The van der Waals surface area contributed by atoms with E-state index < -0.39 is 0 Å². The molecule has 1 aromatic carbocycles. The molecule has 0 saturated carbocycles. The van der Waals surface area contributed by atoms with E-state index in [0.29, 0.717) is 11.5 Å². The predicted molar refractivity (Wildman–Crippen MR) is 99.2 cm³/mol. The topological polar surface area (TPSA) is 70.6 Å². The molecule has 0 radical (unpaired) electrons. The molecule has 26 heavy (non-hydrogen) atoms. The van der Waals surface area contributed by atoms with E-state index in [0.717, 1.165) is 49.1 Å². The Bertz CT molecular complexity index is 915. The van der Waals surface area contributed by atoms with Crippen molar-refractivity contribution in [2.75, 3.05) is 18.0 Å². The lowest BCUT2D eigenvalue weighted by molar-refractivity contribution is 0.477. The van der Waals surface area contributed by atoms with Gasteiger partial charge in [0.2, 0.25) is 0 Å². The maximum absolute atomic E-state index is 9.00. The second-order valence-electron chi connectivity index (χ2n) is 6.55. The fourth-order valence-electron chi connectivity index (χ4n) is 3.55. The molecule has 0 spiro atoms. The zero-order valence-electron chi connectivity index (χ0n) is 14.7. The summed E-state index contributed by atoms with van der Waals surface area (Å²) in [6.07, 6.45) is 3.88. The van der Waals surface area contributed by atoms with Crippen LogP contribution in [0.1, 0.15) is 36.0 Å². The van der Waals surface area contributed by atoms with Crippen LogP contribution in [0.4, 0.5) is 5.82 Å². The van der Waals surface area contributed by atoms with Gasteiger partial charge in [0.1, 0.15) is 17.5 Å². The van der Waals surface area contributed by atoms with E-state index in [4.69, 9.17) is 5.26 Å². The van der Waals surface area contributed by atoms with Crippen molar-refractivity contribution in [2.24, 2.45) is 0 Å². The molecule has 4 rings (SSSR count). The van der Waals surface area contributed by atoms with Crippen LogP contribution >= 0.6 is 0 Å². The fourth-order valence-corrected chi connectivity index (χ4v) is 3.55. The summed E-state index contributed by atoms with van der Waals surface area (Å²) in [4.78, 5) is 6.78. The van der Waals surface area contributed by atoms with Gasteiger partial charge in [-0.1, -0.05) is 6.07 Å². The van der Waals surface area contributed by atoms with Crippen LogP contribution < -0.4 is 4.90 Å². The van der Waals surface area contributed by atoms with E-state index in [9.17, 15) is 0 Å². The maximum atomic E-state index is 9.00. The molecule has 130 valence electrons. The van der Waals surface area contributed by atoms with Gasteiger partial charge < -0.3 is 4.90 Å². The zero-order chi connectivity index (χ0) is 17.9. The first-order valence-electron chi connectivity index (χ1n) is 8.84. The molecule has 0 N–H and O–H groups in total. The number of benzene rings is 1. The van der Waals surface area contributed by atoms with Gasteiger partial charge in [0, 0.05) is 30.9 Å². The van der Waals surface area contributed by atoms with Crippen LogP contribution in [0.5, 0.6) is 0 Å². The second kappa shape index (κ2) is 6.96. The van der Waals surface area contributed by atoms with Crippen LogP contribution in [0.25, 0.3) is 5.69 Å². The number of hydrogen-bond acceptors (Lipinski definition) is 5. The summed E-state index contributed by atoms with van der Waals surface area (Å²) in [6, 6.07) is 15.8. The van der Waals surface area contributed by atoms with Crippen molar-refractivity contribution in [3.05, 3.63) is 65.9 Å². The third-order valence-corrected chi connectivity index (χ3v) is 4.94. The first-order valence-corrected chi connectivity index (χ1v) is 8.84. The average Bonchev–Trinajstić information content (AvgIpc) is 3.10. The summed E-state index contributed by atoms with van der Waals surface area (Å²) in [7, 11) is 0. The van der Waals surface area contributed by atoms with Crippen molar-refractivity contribution in [3.63, 3.8) is 0 Å². The molecule has 3 aromatic rings. The Morgan fingerprint density at radius 1 is 1.04 bits per heavy atom. The van der Waals surface area contributed by atoms with Gasteiger partial charge in [-0.3, -0.25) is 4.57 Å². The molecule has 2 aromatic heterocycles. The summed E-state index contributed by atoms with van der Waals surface area (Å²) in [6.45, 7) is 3.89. The van der Waals surface area contributed by atoms with Crippen LogP contribution in [0.2, 0.25) is 0 Å². The number of hydrogen-bond donors (Lipinski definition) is 0. The van der Waals surface area contributed by atoms with Crippen molar-refractivity contribution in [1.29, 1.82) is 5.26 Å². The number of aryl methyl sites for hydroxylation is 1. The monoisotopic (exact) mass is 344 g/mol. The highest BCUT2D eigenvalue weighted by molar-refractivity contribution is 5.42. The Hall–Kier alpha value is -3.20. The van der Waals surface area contributed by atoms with Gasteiger partial charge in [0.15, 0.2) is 0 Å². The van der Waals surface area contributed by atoms with Crippen molar-refractivity contribution < 1.29 is 0 Å². The minimum atomic E-state index is 0.367. The predicted octanol–water partition coefficient (Wildman–Crippen LogP) is 3.23. The van der Waals surface area contributed by atoms with E-state index in [1.54, 1.807) is 0 Å². The summed E-state index contributed by atoms with van der Waals surface area (Å²) >= 11 is 0. The molecule has 0 atom stereocenters.